The Bertz CT molecular complexity index is 1080. The molecule has 0 saturated carbocycles. The molecule has 1 aliphatic rings. The topological polar surface area (TPSA) is 89.1 Å². The number of nitrogens with one attached hydrogen (secondary N) is 2. The molecule has 0 spiro atoms. The van der Waals surface area contributed by atoms with E-state index in [1.54, 1.807) is 24.3 Å². The molecule has 1 aromatic heterocycles. The second kappa shape index (κ2) is 9.65. The number of benzene rings is 2. The number of carbonyl (C=O) groups is 1. The third kappa shape index (κ3) is 5.64. The zero-order valence-electron chi connectivity index (χ0n) is 16.8. The van der Waals surface area contributed by atoms with Crippen molar-refractivity contribution in [3.8, 4) is 11.5 Å². The summed E-state index contributed by atoms with van der Waals surface area (Å²) < 4.78 is 24.1. The Morgan fingerprint density at radius 1 is 1.19 bits per heavy atom. The molecule has 4 rings (SSSR count). The van der Waals surface area contributed by atoms with E-state index in [4.69, 9.17) is 9.47 Å². The monoisotopic (exact) mass is 440 g/mol. The van der Waals surface area contributed by atoms with E-state index in [1.807, 2.05) is 25.1 Å². The number of aromatic amines is 1. The predicted octanol–water partition coefficient (Wildman–Crippen LogP) is 3.85. The van der Waals surface area contributed by atoms with Gasteiger partial charge in [0.05, 0.1) is 11.8 Å². The zero-order valence-corrected chi connectivity index (χ0v) is 17.6. The van der Waals surface area contributed by atoms with Crippen LogP contribution in [0.5, 0.6) is 11.5 Å². The number of amides is 1. The molecule has 1 aliphatic heterocycles. The van der Waals surface area contributed by atoms with Crippen molar-refractivity contribution in [1.29, 1.82) is 0 Å². The third-order valence-electron chi connectivity index (χ3n) is 4.56. The Labute approximate surface area is 183 Å². The number of fused-ring (bicyclic) bond motifs is 1. The van der Waals surface area contributed by atoms with Gasteiger partial charge in [-0.2, -0.15) is 0 Å². The average molecular weight is 441 g/mol. The Kier molecular flexibility index (Phi) is 6.51. The van der Waals surface area contributed by atoms with Gasteiger partial charge in [-0.25, -0.2) is 9.37 Å². The number of H-pyrrole nitrogens is 1. The molecule has 0 bridgehead atoms. The van der Waals surface area contributed by atoms with Crippen molar-refractivity contribution in [1.82, 2.24) is 20.5 Å². The molecule has 0 aliphatic carbocycles. The number of ether oxygens (including phenoxy) is 2. The number of thioether (sulfide) groups is 1. The summed E-state index contributed by atoms with van der Waals surface area (Å²) in [6.07, 6.45) is 3.55. The van der Waals surface area contributed by atoms with Crippen molar-refractivity contribution in [2.45, 2.75) is 18.1 Å². The number of rotatable bonds is 7. The van der Waals surface area contributed by atoms with Gasteiger partial charge in [-0.1, -0.05) is 36.0 Å². The van der Waals surface area contributed by atoms with Crippen LogP contribution in [0.2, 0.25) is 0 Å². The van der Waals surface area contributed by atoms with Crippen LogP contribution >= 0.6 is 11.8 Å². The van der Waals surface area contributed by atoms with Crippen LogP contribution in [-0.2, 0) is 4.79 Å². The molecule has 2 N–H and O–H groups in total. The number of halogens is 1. The van der Waals surface area contributed by atoms with Gasteiger partial charge >= 0.3 is 0 Å². The molecule has 0 fully saturated rings. The summed E-state index contributed by atoms with van der Waals surface area (Å²) in [4.78, 5) is 16.7. The van der Waals surface area contributed by atoms with Crippen LogP contribution in [0.3, 0.4) is 0 Å². The normalized spacial score (nSPS) is 13.9. The van der Waals surface area contributed by atoms with E-state index in [-0.39, 0.29) is 23.5 Å². The summed E-state index contributed by atoms with van der Waals surface area (Å²) in [5.41, 5.74) is 1.79. The minimum absolute atomic E-state index is 0.124. The highest BCUT2D eigenvalue weighted by Crippen LogP contribution is 2.32. The van der Waals surface area contributed by atoms with Crippen molar-refractivity contribution in [3.63, 3.8) is 0 Å². The zero-order chi connectivity index (χ0) is 21.6. The van der Waals surface area contributed by atoms with Crippen LogP contribution in [0, 0.1) is 5.82 Å². The third-order valence-corrected chi connectivity index (χ3v) is 5.41. The van der Waals surface area contributed by atoms with Crippen molar-refractivity contribution < 1.29 is 18.7 Å². The standard InChI is InChI=1S/C22H21FN4O3S/c1-14(16-5-8-18-19(12-16)30-11-10-29-18)24-21(28)13-31-22-25-20(26-27-22)9-4-15-2-6-17(23)7-3-15/h2-9,12,14H,10-11,13H2,1H3,(H,24,28)(H,25,26,27). The summed E-state index contributed by atoms with van der Waals surface area (Å²) in [6.45, 7) is 2.98. The number of carbonyl (C=O) groups excluding carboxylic acids is 1. The van der Waals surface area contributed by atoms with Gasteiger partial charge in [0.15, 0.2) is 11.5 Å². The van der Waals surface area contributed by atoms with E-state index < -0.39 is 0 Å². The molecule has 1 unspecified atom stereocenters. The lowest BCUT2D eigenvalue weighted by atomic mass is 10.1. The Morgan fingerprint density at radius 2 is 1.97 bits per heavy atom. The maximum atomic E-state index is 12.9. The first-order chi connectivity index (χ1) is 15.1. The summed E-state index contributed by atoms with van der Waals surface area (Å²) in [7, 11) is 0. The molecule has 160 valence electrons. The summed E-state index contributed by atoms with van der Waals surface area (Å²) >= 11 is 1.24. The Morgan fingerprint density at radius 3 is 2.77 bits per heavy atom. The van der Waals surface area contributed by atoms with Gasteiger partial charge in [0.25, 0.3) is 0 Å². The molecule has 9 heteroatoms. The second-order valence-corrected chi connectivity index (χ2v) is 7.81. The highest BCUT2D eigenvalue weighted by Gasteiger charge is 2.16. The number of hydrogen-bond acceptors (Lipinski definition) is 6. The van der Waals surface area contributed by atoms with Gasteiger partial charge < -0.3 is 14.8 Å². The Balaban J connectivity index is 1.27. The fourth-order valence-electron chi connectivity index (χ4n) is 2.97. The molecule has 1 atom stereocenters. The number of hydrogen-bond donors (Lipinski definition) is 2. The molecular formula is C22H21FN4O3S. The Hall–Kier alpha value is -3.33. The lowest BCUT2D eigenvalue weighted by Crippen LogP contribution is -2.28. The first kappa shape index (κ1) is 20.9. The minimum atomic E-state index is -0.280. The molecule has 31 heavy (non-hydrogen) atoms. The van der Waals surface area contributed by atoms with E-state index >= 15 is 0 Å². The fraction of sp³-hybridized carbons (Fsp3) is 0.227. The maximum absolute atomic E-state index is 12.9. The molecule has 2 heterocycles. The molecule has 7 nitrogen and oxygen atoms in total. The van der Waals surface area contributed by atoms with Crippen molar-refractivity contribution in [3.05, 3.63) is 65.2 Å². The van der Waals surface area contributed by atoms with E-state index in [1.165, 1.54) is 23.9 Å². The minimum Gasteiger partial charge on any atom is -0.486 e. The molecule has 2 aromatic carbocycles. The summed E-state index contributed by atoms with van der Waals surface area (Å²) in [5, 5.41) is 10.3. The van der Waals surface area contributed by atoms with Crippen LogP contribution in [0.15, 0.2) is 47.6 Å². The van der Waals surface area contributed by atoms with Gasteiger partial charge in [0.1, 0.15) is 24.9 Å². The molecule has 0 radical (unpaired) electrons. The molecule has 3 aromatic rings. The van der Waals surface area contributed by atoms with Gasteiger partial charge in [-0.05, 0) is 48.4 Å². The van der Waals surface area contributed by atoms with Crippen LogP contribution in [0.4, 0.5) is 4.39 Å². The van der Waals surface area contributed by atoms with Gasteiger partial charge in [-0.15, -0.1) is 5.10 Å². The van der Waals surface area contributed by atoms with Crippen LogP contribution in [0.25, 0.3) is 12.2 Å². The van der Waals surface area contributed by atoms with Crippen LogP contribution in [0.1, 0.15) is 29.9 Å². The number of aromatic nitrogens is 3. The van der Waals surface area contributed by atoms with E-state index in [0.29, 0.717) is 29.9 Å². The molecule has 1 amide bonds. The summed E-state index contributed by atoms with van der Waals surface area (Å²) in [5.74, 6) is 1.75. The lowest BCUT2D eigenvalue weighted by Gasteiger charge is -2.21. The summed E-state index contributed by atoms with van der Waals surface area (Å²) in [6, 6.07) is 11.6. The first-order valence-corrected chi connectivity index (χ1v) is 10.7. The molecular weight excluding hydrogens is 419 g/mol. The highest BCUT2D eigenvalue weighted by atomic mass is 32.2. The number of nitrogens with zero attached hydrogens (tertiary/aromatic N) is 2. The van der Waals surface area contributed by atoms with Gasteiger partial charge in [-0.3, -0.25) is 9.89 Å². The van der Waals surface area contributed by atoms with Gasteiger partial charge in [0.2, 0.25) is 11.1 Å². The van der Waals surface area contributed by atoms with Crippen molar-refractivity contribution >= 4 is 29.8 Å². The average Bonchev–Trinajstić information content (AvgIpc) is 3.25. The van der Waals surface area contributed by atoms with E-state index in [9.17, 15) is 9.18 Å². The maximum Gasteiger partial charge on any atom is 0.230 e. The smallest absolute Gasteiger partial charge is 0.230 e. The van der Waals surface area contributed by atoms with Gasteiger partial charge in [0, 0.05) is 0 Å². The van der Waals surface area contributed by atoms with Crippen LogP contribution in [-0.4, -0.2) is 40.1 Å². The largest absolute Gasteiger partial charge is 0.486 e. The SMILES string of the molecule is CC(NC(=O)CSc1n[nH]c(C=Cc2ccc(F)cc2)n1)c1ccc2c(c1)OCCO2. The van der Waals surface area contributed by atoms with E-state index in [2.05, 4.69) is 20.5 Å². The van der Waals surface area contributed by atoms with Crippen molar-refractivity contribution in [2.24, 2.45) is 0 Å². The van der Waals surface area contributed by atoms with Crippen LogP contribution < -0.4 is 14.8 Å². The molecule has 0 saturated heterocycles. The second-order valence-electron chi connectivity index (χ2n) is 6.87. The van der Waals surface area contributed by atoms with Crippen molar-refractivity contribution in [2.75, 3.05) is 19.0 Å². The lowest BCUT2D eigenvalue weighted by molar-refractivity contribution is -0.119. The highest BCUT2D eigenvalue weighted by molar-refractivity contribution is 7.99. The first-order valence-electron chi connectivity index (χ1n) is 9.74. The predicted molar refractivity (Wildman–Crippen MR) is 116 cm³/mol. The quantitative estimate of drug-likeness (QED) is 0.543. The van der Waals surface area contributed by atoms with E-state index in [0.717, 1.165) is 16.9 Å². The fourth-order valence-corrected chi connectivity index (χ4v) is 3.59.